The number of para-hydroxylation sites is 1. The van der Waals surface area contributed by atoms with Gasteiger partial charge in [-0.25, -0.2) is 9.97 Å². The first-order valence-electron chi connectivity index (χ1n) is 9.08. The summed E-state index contributed by atoms with van der Waals surface area (Å²) in [4.78, 5) is 37.1. The maximum absolute atomic E-state index is 12.6. The van der Waals surface area contributed by atoms with Crippen molar-refractivity contribution >= 4 is 23.5 Å². The molecule has 2 aromatic rings. The summed E-state index contributed by atoms with van der Waals surface area (Å²) in [5.74, 6) is -0.461. The average Bonchev–Trinajstić information content (AvgIpc) is 2.68. The molecule has 1 aliphatic rings. The smallest absolute Gasteiger partial charge is 0.313 e. The second-order valence-electron chi connectivity index (χ2n) is 7.58. The lowest BCUT2D eigenvalue weighted by atomic mass is 9.86. The topological polar surface area (TPSA) is 78.4 Å². The fourth-order valence-corrected chi connectivity index (χ4v) is 3.13. The van der Waals surface area contributed by atoms with Crippen LogP contribution in [0.4, 0.5) is 11.6 Å². The lowest BCUT2D eigenvalue weighted by Gasteiger charge is -2.34. The zero-order valence-electron chi connectivity index (χ0n) is 16.0. The zero-order chi connectivity index (χ0) is 19.4. The highest BCUT2D eigenvalue weighted by molar-refractivity contribution is 6.39. The van der Waals surface area contributed by atoms with Crippen molar-refractivity contribution in [3.63, 3.8) is 0 Å². The molecule has 2 amide bonds. The number of hydrogen-bond donors (Lipinski definition) is 1. The molecule has 0 radical (unpaired) electrons. The number of anilines is 2. The Bertz CT molecular complexity index is 809. The number of amides is 2. The summed E-state index contributed by atoms with van der Waals surface area (Å²) < 4.78 is 0. The van der Waals surface area contributed by atoms with E-state index in [1.54, 1.807) is 23.4 Å². The van der Waals surface area contributed by atoms with Crippen LogP contribution in [0.1, 0.15) is 26.3 Å². The first kappa shape index (κ1) is 18.8. The SMILES string of the molecule is CC(C)(C)c1ccccc1NC(=O)C(=O)N1CCN(c2ncccn2)CC1. The fraction of sp³-hybridized carbons (Fsp3) is 0.400. The van der Waals surface area contributed by atoms with Gasteiger partial charge in [-0.15, -0.1) is 0 Å². The Morgan fingerprint density at radius 1 is 0.963 bits per heavy atom. The highest BCUT2D eigenvalue weighted by Gasteiger charge is 2.28. The Morgan fingerprint density at radius 2 is 1.59 bits per heavy atom. The molecule has 0 saturated carbocycles. The van der Waals surface area contributed by atoms with Crippen LogP contribution in [0.3, 0.4) is 0 Å². The molecule has 0 bridgehead atoms. The number of carbonyl (C=O) groups excluding carboxylic acids is 2. The molecular formula is C20H25N5O2. The molecule has 2 heterocycles. The van der Waals surface area contributed by atoms with Crippen molar-refractivity contribution in [3.8, 4) is 0 Å². The van der Waals surface area contributed by atoms with Gasteiger partial charge in [0, 0.05) is 44.3 Å². The fourth-order valence-electron chi connectivity index (χ4n) is 3.13. The second kappa shape index (κ2) is 7.73. The van der Waals surface area contributed by atoms with Crippen molar-refractivity contribution in [1.29, 1.82) is 0 Å². The lowest BCUT2D eigenvalue weighted by molar-refractivity contribution is -0.143. The van der Waals surface area contributed by atoms with Gasteiger partial charge in [-0.3, -0.25) is 9.59 Å². The Hall–Kier alpha value is -2.96. The van der Waals surface area contributed by atoms with Crippen LogP contribution >= 0.6 is 0 Å². The van der Waals surface area contributed by atoms with E-state index >= 15 is 0 Å². The zero-order valence-corrected chi connectivity index (χ0v) is 16.0. The molecule has 1 aromatic heterocycles. The number of piperazine rings is 1. The predicted molar refractivity (Wildman–Crippen MR) is 105 cm³/mol. The van der Waals surface area contributed by atoms with E-state index in [-0.39, 0.29) is 5.41 Å². The Morgan fingerprint density at radius 3 is 2.22 bits per heavy atom. The maximum atomic E-state index is 12.6. The van der Waals surface area contributed by atoms with Crippen LogP contribution < -0.4 is 10.2 Å². The summed E-state index contributed by atoms with van der Waals surface area (Å²) in [6.45, 7) is 8.35. The van der Waals surface area contributed by atoms with Crippen LogP contribution in [-0.4, -0.2) is 52.9 Å². The van der Waals surface area contributed by atoms with Crippen LogP contribution in [0.2, 0.25) is 0 Å². The van der Waals surface area contributed by atoms with E-state index in [2.05, 4.69) is 36.1 Å². The van der Waals surface area contributed by atoms with Crippen LogP contribution in [0.25, 0.3) is 0 Å². The first-order chi connectivity index (χ1) is 12.9. The molecule has 1 saturated heterocycles. The minimum Gasteiger partial charge on any atom is -0.337 e. The lowest BCUT2D eigenvalue weighted by Crippen LogP contribution is -2.52. The number of nitrogens with one attached hydrogen (secondary N) is 1. The van der Waals surface area contributed by atoms with Crippen LogP contribution in [0.5, 0.6) is 0 Å². The molecule has 7 nitrogen and oxygen atoms in total. The van der Waals surface area contributed by atoms with Gasteiger partial charge in [0.1, 0.15) is 0 Å². The van der Waals surface area contributed by atoms with Gasteiger partial charge < -0.3 is 15.1 Å². The van der Waals surface area contributed by atoms with Gasteiger partial charge in [0.2, 0.25) is 5.95 Å². The maximum Gasteiger partial charge on any atom is 0.313 e. The predicted octanol–water partition coefficient (Wildman–Crippen LogP) is 2.06. The third kappa shape index (κ3) is 4.42. The summed E-state index contributed by atoms with van der Waals surface area (Å²) in [6, 6.07) is 9.36. The molecule has 1 aliphatic heterocycles. The van der Waals surface area contributed by atoms with Crippen molar-refractivity contribution in [1.82, 2.24) is 14.9 Å². The minimum atomic E-state index is -0.601. The monoisotopic (exact) mass is 367 g/mol. The molecular weight excluding hydrogens is 342 g/mol. The molecule has 0 atom stereocenters. The Kier molecular flexibility index (Phi) is 5.39. The van der Waals surface area contributed by atoms with Gasteiger partial charge >= 0.3 is 11.8 Å². The largest absolute Gasteiger partial charge is 0.337 e. The molecule has 0 unspecified atom stereocenters. The number of hydrogen-bond acceptors (Lipinski definition) is 5. The van der Waals surface area contributed by atoms with E-state index in [0.717, 1.165) is 5.56 Å². The van der Waals surface area contributed by atoms with Gasteiger partial charge in [-0.2, -0.15) is 0 Å². The van der Waals surface area contributed by atoms with E-state index in [1.165, 1.54) is 0 Å². The molecule has 1 N–H and O–H groups in total. The van der Waals surface area contributed by atoms with Crippen molar-refractivity contribution in [3.05, 3.63) is 48.3 Å². The number of nitrogens with zero attached hydrogens (tertiary/aromatic N) is 4. The molecule has 1 fully saturated rings. The molecule has 0 spiro atoms. The molecule has 142 valence electrons. The van der Waals surface area contributed by atoms with E-state index in [0.29, 0.717) is 37.8 Å². The van der Waals surface area contributed by atoms with E-state index in [4.69, 9.17) is 0 Å². The summed E-state index contributed by atoms with van der Waals surface area (Å²) >= 11 is 0. The quantitative estimate of drug-likeness (QED) is 0.822. The molecule has 1 aromatic carbocycles. The highest BCUT2D eigenvalue weighted by Crippen LogP contribution is 2.29. The van der Waals surface area contributed by atoms with Crippen molar-refractivity contribution in [2.75, 3.05) is 36.4 Å². The number of aromatic nitrogens is 2. The van der Waals surface area contributed by atoms with Gasteiger partial charge in [-0.05, 0) is 23.1 Å². The third-order valence-corrected chi connectivity index (χ3v) is 4.58. The van der Waals surface area contributed by atoms with E-state index in [9.17, 15) is 9.59 Å². The van der Waals surface area contributed by atoms with Crippen LogP contribution in [0, 0.1) is 0 Å². The standard InChI is InChI=1S/C20H25N5O2/c1-20(2,3)15-7-4-5-8-16(15)23-17(26)18(27)24-11-13-25(14-12-24)19-21-9-6-10-22-19/h4-10H,11-14H2,1-3H3,(H,23,26). The van der Waals surface area contributed by atoms with E-state index < -0.39 is 11.8 Å². The van der Waals surface area contributed by atoms with Gasteiger partial charge in [0.25, 0.3) is 0 Å². The molecule has 27 heavy (non-hydrogen) atoms. The van der Waals surface area contributed by atoms with E-state index in [1.807, 2.05) is 29.2 Å². The number of rotatable bonds is 2. The van der Waals surface area contributed by atoms with Crippen LogP contribution in [-0.2, 0) is 15.0 Å². The average molecular weight is 367 g/mol. The Balaban J connectivity index is 1.62. The third-order valence-electron chi connectivity index (χ3n) is 4.58. The first-order valence-corrected chi connectivity index (χ1v) is 9.08. The molecule has 3 rings (SSSR count). The molecule has 0 aliphatic carbocycles. The minimum absolute atomic E-state index is 0.131. The second-order valence-corrected chi connectivity index (χ2v) is 7.58. The normalized spacial score (nSPS) is 14.8. The number of benzene rings is 1. The van der Waals surface area contributed by atoms with Crippen molar-refractivity contribution < 1.29 is 9.59 Å². The highest BCUT2D eigenvalue weighted by atomic mass is 16.2. The summed E-state index contributed by atoms with van der Waals surface area (Å²) in [5.41, 5.74) is 1.55. The van der Waals surface area contributed by atoms with Gasteiger partial charge in [0.15, 0.2) is 0 Å². The molecule has 7 heteroatoms. The summed E-state index contributed by atoms with van der Waals surface area (Å²) in [7, 11) is 0. The Labute approximate surface area is 159 Å². The summed E-state index contributed by atoms with van der Waals surface area (Å²) in [5, 5.41) is 2.79. The van der Waals surface area contributed by atoms with Gasteiger partial charge in [-0.1, -0.05) is 39.0 Å². The van der Waals surface area contributed by atoms with Gasteiger partial charge in [0.05, 0.1) is 0 Å². The van der Waals surface area contributed by atoms with Crippen molar-refractivity contribution in [2.24, 2.45) is 0 Å². The van der Waals surface area contributed by atoms with Crippen LogP contribution in [0.15, 0.2) is 42.7 Å². The number of carbonyl (C=O) groups is 2. The summed E-state index contributed by atoms with van der Waals surface area (Å²) in [6.07, 6.45) is 3.39. The van der Waals surface area contributed by atoms with Crippen molar-refractivity contribution in [2.45, 2.75) is 26.2 Å².